The van der Waals surface area contributed by atoms with Crippen LogP contribution in [-0.2, 0) is 11.2 Å². The number of carbonyl (C=O) groups excluding carboxylic acids is 1. The third-order valence-corrected chi connectivity index (χ3v) is 13.4. The van der Waals surface area contributed by atoms with Gasteiger partial charge in [0, 0.05) is 11.5 Å². The Kier molecular flexibility index (Phi) is 5.22. The van der Waals surface area contributed by atoms with Gasteiger partial charge in [0.25, 0.3) is 0 Å². The SMILES string of the molecule is CC(C)(C)[Si](C)(C)[C@]1(C(=O)Cc2ccccc2)CCCC[C@H]1O. The van der Waals surface area contributed by atoms with E-state index < -0.39 is 19.2 Å². The predicted molar refractivity (Wildman–Crippen MR) is 99.5 cm³/mol. The van der Waals surface area contributed by atoms with Gasteiger partial charge in [-0.25, -0.2) is 0 Å². The molecule has 1 saturated carbocycles. The molecule has 2 rings (SSSR count). The van der Waals surface area contributed by atoms with Gasteiger partial charge in [0.2, 0.25) is 0 Å². The minimum Gasteiger partial charge on any atom is -0.392 e. The molecule has 2 atom stereocenters. The summed E-state index contributed by atoms with van der Waals surface area (Å²) in [5.41, 5.74) is 1.06. The monoisotopic (exact) mass is 332 g/mol. The third kappa shape index (κ3) is 3.18. The normalized spacial score (nSPS) is 26.1. The first-order valence-corrected chi connectivity index (χ1v) is 11.9. The highest BCUT2D eigenvalue weighted by atomic mass is 28.3. The first kappa shape index (κ1) is 18.4. The minimum atomic E-state index is -2.03. The zero-order chi connectivity index (χ0) is 17.3. The summed E-state index contributed by atoms with van der Waals surface area (Å²) in [6, 6.07) is 9.99. The van der Waals surface area contributed by atoms with E-state index in [0.717, 1.165) is 31.2 Å². The summed E-state index contributed by atoms with van der Waals surface area (Å²) < 4.78 is 0. The highest BCUT2D eigenvalue weighted by molar-refractivity contribution is 6.86. The van der Waals surface area contributed by atoms with Gasteiger partial charge in [0.05, 0.1) is 14.2 Å². The van der Waals surface area contributed by atoms with Crippen molar-refractivity contribution in [2.24, 2.45) is 0 Å². The Morgan fingerprint density at radius 1 is 1.22 bits per heavy atom. The van der Waals surface area contributed by atoms with Crippen molar-refractivity contribution in [2.45, 2.75) is 82.1 Å². The fourth-order valence-corrected chi connectivity index (χ4v) is 8.07. The lowest BCUT2D eigenvalue weighted by atomic mass is 9.80. The second-order valence-corrected chi connectivity index (χ2v) is 14.3. The van der Waals surface area contributed by atoms with Gasteiger partial charge in [-0.2, -0.15) is 0 Å². The number of carbonyl (C=O) groups is 1. The van der Waals surface area contributed by atoms with Crippen LogP contribution in [0.15, 0.2) is 30.3 Å². The number of rotatable bonds is 4. The van der Waals surface area contributed by atoms with Crippen LogP contribution in [0, 0.1) is 0 Å². The maximum Gasteiger partial charge on any atom is 0.143 e. The van der Waals surface area contributed by atoms with Crippen molar-refractivity contribution in [1.82, 2.24) is 0 Å². The van der Waals surface area contributed by atoms with E-state index >= 15 is 0 Å². The Morgan fingerprint density at radius 3 is 2.35 bits per heavy atom. The number of Topliss-reactive ketones (excluding diaryl/α,β-unsaturated/α-hetero) is 1. The number of ketones is 1. The van der Waals surface area contributed by atoms with Crippen molar-refractivity contribution < 1.29 is 9.90 Å². The summed E-state index contributed by atoms with van der Waals surface area (Å²) in [5.74, 6) is 0.266. The summed E-state index contributed by atoms with van der Waals surface area (Å²) in [6.45, 7) is 11.4. The average molecular weight is 333 g/mol. The van der Waals surface area contributed by atoms with Gasteiger partial charge in [-0.15, -0.1) is 0 Å². The highest BCUT2D eigenvalue weighted by Gasteiger charge is 2.60. The molecule has 3 heteroatoms. The van der Waals surface area contributed by atoms with Crippen LogP contribution in [-0.4, -0.2) is 25.1 Å². The molecule has 1 N–H and O–H groups in total. The van der Waals surface area contributed by atoms with Crippen LogP contribution in [0.25, 0.3) is 0 Å². The topological polar surface area (TPSA) is 37.3 Å². The molecule has 0 amide bonds. The maximum absolute atomic E-state index is 13.5. The van der Waals surface area contributed by atoms with Crippen LogP contribution in [0.1, 0.15) is 52.0 Å². The molecule has 0 unspecified atom stereocenters. The van der Waals surface area contributed by atoms with Crippen LogP contribution >= 0.6 is 0 Å². The molecule has 0 spiro atoms. The minimum absolute atomic E-state index is 0.0810. The second kappa shape index (κ2) is 6.52. The molecule has 128 valence electrons. The largest absolute Gasteiger partial charge is 0.392 e. The maximum atomic E-state index is 13.5. The van der Waals surface area contributed by atoms with Crippen molar-refractivity contribution in [2.75, 3.05) is 0 Å². The smallest absolute Gasteiger partial charge is 0.143 e. The van der Waals surface area contributed by atoms with E-state index in [-0.39, 0.29) is 10.8 Å². The average Bonchev–Trinajstić information content (AvgIpc) is 2.47. The van der Waals surface area contributed by atoms with Crippen LogP contribution < -0.4 is 0 Å². The van der Waals surface area contributed by atoms with Gasteiger partial charge >= 0.3 is 0 Å². The lowest BCUT2D eigenvalue weighted by Crippen LogP contribution is -2.60. The van der Waals surface area contributed by atoms with Crippen LogP contribution in [0.2, 0.25) is 23.2 Å². The zero-order valence-corrected chi connectivity index (χ0v) is 16.4. The number of hydrogen-bond donors (Lipinski definition) is 1. The molecule has 1 aliphatic rings. The predicted octanol–water partition coefficient (Wildman–Crippen LogP) is 4.98. The molecular formula is C20H32O2Si. The van der Waals surface area contributed by atoms with Gasteiger partial charge in [0.1, 0.15) is 5.78 Å². The van der Waals surface area contributed by atoms with E-state index in [9.17, 15) is 9.90 Å². The van der Waals surface area contributed by atoms with Gasteiger partial charge < -0.3 is 5.11 Å². The number of hydrogen-bond acceptors (Lipinski definition) is 2. The van der Waals surface area contributed by atoms with E-state index in [1.54, 1.807) is 0 Å². The van der Waals surface area contributed by atoms with Crippen molar-refractivity contribution in [3.8, 4) is 0 Å². The summed E-state index contributed by atoms with van der Waals surface area (Å²) in [6.07, 6.45) is 3.70. The molecule has 2 nitrogen and oxygen atoms in total. The number of aliphatic hydroxyl groups is 1. The molecule has 1 aromatic rings. The van der Waals surface area contributed by atoms with E-state index in [2.05, 4.69) is 33.9 Å². The first-order valence-electron chi connectivity index (χ1n) is 8.88. The Balaban J connectivity index is 2.44. The Hall–Kier alpha value is -0.933. The molecule has 0 aromatic heterocycles. The van der Waals surface area contributed by atoms with Crippen molar-refractivity contribution in [3.63, 3.8) is 0 Å². The molecule has 1 aromatic carbocycles. The Bertz CT molecular complexity index is 545. The van der Waals surface area contributed by atoms with E-state index in [4.69, 9.17) is 0 Å². The summed E-state index contributed by atoms with van der Waals surface area (Å²) >= 11 is 0. The molecule has 23 heavy (non-hydrogen) atoms. The van der Waals surface area contributed by atoms with E-state index in [0.29, 0.717) is 6.42 Å². The summed E-state index contributed by atoms with van der Waals surface area (Å²) in [5, 5.41) is 10.5. The standard InChI is InChI=1S/C20H32O2Si/c1-19(2,3)23(4,5)20(14-10-9-13-17(20)21)18(22)15-16-11-7-6-8-12-16/h6-8,11-12,17,21H,9-10,13-15H2,1-5H3/t17-,20-/m1/s1. The molecule has 1 aliphatic carbocycles. The van der Waals surface area contributed by atoms with Gasteiger partial charge in [-0.05, 0) is 23.4 Å². The fourth-order valence-electron chi connectivity index (χ4n) is 4.17. The van der Waals surface area contributed by atoms with Gasteiger partial charge in [-0.3, -0.25) is 4.79 Å². The Morgan fingerprint density at radius 2 is 1.83 bits per heavy atom. The second-order valence-electron chi connectivity index (χ2n) is 8.69. The fraction of sp³-hybridized carbons (Fsp3) is 0.650. The van der Waals surface area contributed by atoms with E-state index in [1.807, 2.05) is 30.3 Å². The van der Waals surface area contributed by atoms with Crippen LogP contribution in [0.4, 0.5) is 0 Å². The molecule has 0 aliphatic heterocycles. The lowest BCUT2D eigenvalue weighted by Gasteiger charge is -2.55. The van der Waals surface area contributed by atoms with Crippen molar-refractivity contribution in [3.05, 3.63) is 35.9 Å². The third-order valence-electron chi connectivity index (χ3n) is 6.56. The van der Waals surface area contributed by atoms with Crippen LogP contribution in [0.5, 0.6) is 0 Å². The van der Waals surface area contributed by atoms with Gasteiger partial charge in [0.15, 0.2) is 0 Å². The molecule has 1 fully saturated rings. The van der Waals surface area contributed by atoms with Crippen molar-refractivity contribution in [1.29, 1.82) is 0 Å². The quantitative estimate of drug-likeness (QED) is 0.789. The van der Waals surface area contributed by atoms with Crippen LogP contribution in [0.3, 0.4) is 0 Å². The Labute approximate surface area is 142 Å². The molecule has 0 heterocycles. The highest BCUT2D eigenvalue weighted by Crippen LogP contribution is 2.59. The molecule has 0 bridgehead atoms. The molecular weight excluding hydrogens is 300 g/mol. The van der Waals surface area contributed by atoms with Gasteiger partial charge in [-0.1, -0.05) is 77.0 Å². The van der Waals surface area contributed by atoms with Crippen molar-refractivity contribution >= 4 is 13.9 Å². The lowest BCUT2D eigenvalue weighted by molar-refractivity contribution is -0.126. The number of benzene rings is 1. The molecule has 0 radical (unpaired) electrons. The first-order chi connectivity index (χ1) is 10.6. The van der Waals surface area contributed by atoms with E-state index in [1.165, 1.54) is 0 Å². The molecule has 0 saturated heterocycles. The summed E-state index contributed by atoms with van der Waals surface area (Å²) in [7, 11) is -2.03. The number of aliphatic hydroxyl groups excluding tert-OH is 1. The zero-order valence-electron chi connectivity index (χ0n) is 15.4. The summed E-state index contributed by atoms with van der Waals surface area (Å²) in [4.78, 5) is 13.5.